The molecule has 0 N–H and O–H groups in total. The molecule has 17 heavy (non-hydrogen) atoms. The molecule has 0 unspecified atom stereocenters. The molecule has 1 heterocycles. The Balaban J connectivity index is 2.40. The van der Waals surface area contributed by atoms with Gasteiger partial charge in [0.1, 0.15) is 5.82 Å². The van der Waals surface area contributed by atoms with E-state index in [2.05, 4.69) is 21.9 Å². The Morgan fingerprint density at radius 1 is 1.00 bits per heavy atom. The minimum absolute atomic E-state index is 0.230. The van der Waals surface area contributed by atoms with E-state index >= 15 is 0 Å². The molecule has 0 amide bonds. The highest BCUT2D eigenvalue weighted by atomic mass is 35.5. The third-order valence-corrected chi connectivity index (χ3v) is 2.65. The van der Waals surface area contributed by atoms with E-state index in [1.54, 1.807) is 12.1 Å². The summed E-state index contributed by atoms with van der Waals surface area (Å²) in [5.74, 6) is 1.31. The van der Waals surface area contributed by atoms with Crippen LogP contribution >= 0.6 is 23.2 Å². The average molecular weight is 268 g/mol. The van der Waals surface area contributed by atoms with Crippen LogP contribution in [-0.2, 0) is 6.42 Å². The van der Waals surface area contributed by atoms with Gasteiger partial charge in [-0.2, -0.15) is 4.98 Å². The zero-order chi connectivity index (χ0) is 12.3. The van der Waals surface area contributed by atoms with Crippen molar-refractivity contribution in [2.75, 3.05) is 0 Å². The molecule has 88 valence electrons. The first-order chi connectivity index (χ1) is 8.19. The Morgan fingerprint density at radius 2 is 1.71 bits per heavy atom. The molecule has 0 atom stereocenters. The number of hydrogen-bond acceptors (Lipinski definition) is 3. The van der Waals surface area contributed by atoms with Gasteiger partial charge in [-0.15, -0.1) is 0 Å². The number of aryl methyl sites for hydroxylation is 1. The fraction of sp³-hybridized carbons (Fsp3) is 0.250. The first-order valence-electron chi connectivity index (χ1n) is 5.35. The summed E-state index contributed by atoms with van der Waals surface area (Å²) in [6.45, 7) is 2.07. The van der Waals surface area contributed by atoms with Crippen LogP contribution in [0.1, 0.15) is 19.2 Å². The summed E-state index contributed by atoms with van der Waals surface area (Å²) < 4.78 is 0. The van der Waals surface area contributed by atoms with Gasteiger partial charge in [0.2, 0.25) is 5.28 Å². The molecule has 3 nitrogen and oxygen atoms in total. The Bertz CT molecular complexity index is 512. The summed E-state index contributed by atoms with van der Waals surface area (Å²) in [5, 5.41) is 0.913. The second-order valence-corrected chi connectivity index (χ2v) is 4.38. The van der Waals surface area contributed by atoms with E-state index in [4.69, 9.17) is 23.2 Å². The van der Waals surface area contributed by atoms with Gasteiger partial charge >= 0.3 is 0 Å². The summed E-state index contributed by atoms with van der Waals surface area (Å²) in [7, 11) is 0. The van der Waals surface area contributed by atoms with E-state index < -0.39 is 0 Å². The van der Waals surface area contributed by atoms with Crippen LogP contribution in [-0.4, -0.2) is 15.0 Å². The number of nitrogens with zero attached hydrogens (tertiary/aromatic N) is 3. The third-order valence-electron chi connectivity index (χ3n) is 2.23. The van der Waals surface area contributed by atoms with Crippen molar-refractivity contribution in [2.45, 2.75) is 19.8 Å². The van der Waals surface area contributed by atoms with Crippen molar-refractivity contribution in [3.8, 4) is 11.4 Å². The van der Waals surface area contributed by atoms with Crippen molar-refractivity contribution < 1.29 is 0 Å². The second kappa shape index (κ2) is 5.43. The molecular formula is C12H11Cl2N3. The average Bonchev–Trinajstić information content (AvgIpc) is 2.29. The quantitative estimate of drug-likeness (QED) is 0.849. The lowest BCUT2D eigenvalue weighted by Crippen LogP contribution is -2.00. The fourth-order valence-electron chi connectivity index (χ4n) is 1.45. The van der Waals surface area contributed by atoms with E-state index in [-0.39, 0.29) is 5.28 Å². The maximum atomic E-state index is 5.88. The highest BCUT2D eigenvalue weighted by molar-refractivity contribution is 6.30. The smallest absolute Gasteiger partial charge is 0.213 e. The normalized spacial score (nSPS) is 10.5. The minimum Gasteiger partial charge on any atom is -0.213 e. The summed E-state index contributed by atoms with van der Waals surface area (Å²) in [6, 6.07) is 7.33. The van der Waals surface area contributed by atoms with Gasteiger partial charge in [0.05, 0.1) is 0 Å². The van der Waals surface area contributed by atoms with E-state index in [1.165, 1.54) is 0 Å². The zero-order valence-electron chi connectivity index (χ0n) is 9.32. The lowest BCUT2D eigenvalue weighted by Gasteiger charge is -2.03. The van der Waals surface area contributed by atoms with Crippen molar-refractivity contribution in [2.24, 2.45) is 0 Å². The van der Waals surface area contributed by atoms with Crippen LogP contribution in [0.4, 0.5) is 0 Å². The molecule has 2 aromatic rings. The lowest BCUT2D eigenvalue weighted by atomic mass is 10.2. The third kappa shape index (κ3) is 3.14. The van der Waals surface area contributed by atoms with Crippen LogP contribution in [0.2, 0.25) is 10.3 Å². The van der Waals surface area contributed by atoms with Crippen molar-refractivity contribution in [3.63, 3.8) is 0 Å². The molecule has 0 aliphatic carbocycles. The van der Waals surface area contributed by atoms with Gasteiger partial charge in [0, 0.05) is 17.0 Å². The van der Waals surface area contributed by atoms with Crippen LogP contribution in [0, 0.1) is 0 Å². The number of halogens is 2. The van der Waals surface area contributed by atoms with Crippen LogP contribution in [0.25, 0.3) is 11.4 Å². The highest BCUT2D eigenvalue weighted by Crippen LogP contribution is 2.19. The van der Waals surface area contributed by atoms with Gasteiger partial charge in [-0.25, -0.2) is 9.97 Å². The molecule has 0 bridgehead atoms. The van der Waals surface area contributed by atoms with Gasteiger partial charge < -0.3 is 0 Å². The molecule has 0 spiro atoms. The number of benzene rings is 1. The van der Waals surface area contributed by atoms with Gasteiger partial charge in [-0.05, 0) is 42.3 Å². The van der Waals surface area contributed by atoms with E-state index in [0.717, 1.165) is 24.2 Å². The van der Waals surface area contributed by atoms with E-state index in [1.807, 2.05) is 12.1 Å². The first kappa shape index (κ1) is 12.3. The SMILES string of the molecule is CCCc1nc(Cl)nc(-c2ccc(Cl)cc2)n1. The number of rotatable bonds is 3. The summed E-state index contributed by atoms with van der Waals surface area (Å²) >= 11 is 11.7. The molecule has 1 aromatic heterocycles. The molecule has 5 heteroatoms. The number of hydrogen-bond donors (Lipinski definition) is 0. The summed E-state index contributed by atoms with van der Waals surface area (Å²) in [6.07, 6.45) is 1.77. The van der Waals surface area contributed by atoms with Crippen molar-refractivity contribution in [3.05, 3.63) is 40.4 Å². The van der Waals surface area contributed by atoms with Crippen LogP contribution in [0.5, 0.6) is 0 Å². The molecule has 0 saturated carbocycles. The molecule has 2 rings (SSSR count). The Labute approximate surface area is 110 Å². The maximum Gasteiger partial charge on any atom is 0.226 e. The van der Waals surface area contributed by atoms with E-state index in [0.29, 0.717) is 10.8 Å². The van der Waals surface area contributed by atoms with Crippen molar-refractivity contribution in [1.82, 2.24) is 15.0 Å². The second-order valence-electron chi connectivity index (χ2n) is 3.60. The van der Waals surface area contributed by atoms with E-state index in [9.17, 15) is 0 Å². The van der Waals surface area contributed by atoms with Gasteiger partial charge in [0.15, 0.2) is 5.82 Å². The molecule has 0 radical (unpaired) electrons. The summed E-state index contributed by atoms with van der Waals surface area (Å²) in [5.41, 5.74) is 0.885. The maximum absolute atomic E-state index is 5.88. The predicted octanol–water partition coefficient (Wildman–Crippen LogP) is 3.80. The monoisotopic (exact) mass is 267 g/mol. The largest absolute Gasteiger partial charge is 0.226 e. The topological polar surface area (TPSA) is 38.7 Å². The lowest BCUT2D eigenvalue weighted by molar-refractivity contribution is 0.820. The molecule has 0 aliphatic rings. The van der Waals surface area contributed by atoms with Gasteiger partial charge in [0.25, 0.3) is 0 Å². The van der Waals surface area contributed by atoms with Crippen LogP contribution in [0.3, 0.4) is 0 Å². The molecule has 0 aliphatic heterocycles. The van der Waals surface area contributed by atoms with Crippen molar-refractivity contribution in [1.29, 1.82) is 0 Å². The van der Waals surface area contributed by atoms with Crippen LogP contribution in [0.15, 0.2) is 24.3 Å². The van der Waals surface area contributed by atoms with Crippen LogP contribution < -0.4 is 0 Å². The molecule has 1 aromatic carbocycles. The standard InChI is InChI=1S/C12H11Cl2N3/c1-2-3-10-15-11(17-12(14)16-10)8-4-6-9(13)7-5-8/h4-7H,2-3H2,1H3. The predicted molar refractivity (Wildman–Crippen MR) is 69.3 cm³/mol. The molecular weight excluding hydrogens is 257 g/mol. The first-order valence-corrected chi connectivity index (χ1v) is 6.11. The molecule has 0 fully saturated rings. The summed E-state index contributed by atoms with van der Waals surface area (Å²) in [4.78, 5) is 12.6. The Kier molecular flexibility index (Phi) is 3.92. The fourth-order valence-corrected chi connectivity index (χ4v) is 1.76. The Hall–Kier alpha value is -1.19. The number of aromatic nitrogens is 3. The zero-order valence-corrected chi connectivity index (χ0v) is 10.8. The highest BCUT2D eigenvalue weighted by Gasteiger charge is 2.06. The minimum atomic E-state index is 0.230. The van der Waals surface area contributed by atoms with Gasteiger partial charge in [-0.3, -0.25) is 0 Å². The Morgan fingerprint density at radius 3 is 2.35 bits per heavy atom. The van der Waals surface area contributed by atoms with Crippen molar-refractivity contribution >= 4 is 23.2 Å². The van der Waals surface area contributed by atoms with Gasteiger partial charge in [-0.1, -0.05) is 18.5 Å². The molecule has 0 saturated heterocycles.